The second-order valence-corrected chi connectivity index (χ2v) is 7.13. The van der Waals surface area contributed by atoms with Crippen LogP contribution in [0.1, 0.15) is 65.2 Å². The Kier molecular flexibility index (Phi) is 5.08. The molecule has 0 aliphatic heterocycles. The van der Waals surface area contributed by atoms with E-state index in [1.54, 1.807) is 0 Å². The summed E-state index contributed by atoms with van der Waals surface area (Å²) in [5.74, 6) is 0.739. The van der Waals surface area contributed by atoms with Gasteiger partial charge in [0, 0.05) is 31.2 Å². The van der Waals surface area contributed by atoms with E-state index >= 15 is 0 Å². The van der Waals surface area contributed by atoms with Crippen LogP contribution in [0.5, 0.6) is 0 Å². The number of nitrogens with zero attached hydrogens (tertiary/aromatic N) is 1. The van der Waals surface area contributed by atoms with Gasteiger partial charge in [0.05, 0.1) is 0 Å². The highest BCUT2D eigenvalue weighted by molar-refractivity contribution is 4.90. The summed E-state index contributed by atoms with van der Waals surface area (Å²) in [4.78, 5) is 2.72. The Morgan fingerprint density at radius 2 is 1.72 bits per heavy atom. The van der Waals surface area contributed by atoms with Gasteiger partial charge < -0.3 is 5.11 Å². The van der Waals surface area contributed by atoms with Crippen LogP contribution in [-0.4, -0.2) is 35.7 Å². The van der Waals surface area contributed by atoms with Gasteiger partial charge in [-0.15, -0.1) is 0 Å². The first-order valence-corrected chi connectivity index (χ1v) is 8.00. The maximum Gasteiger partial charge on any atom is 0.0499 e. The minimum Gasteiger partial charge on any atom is -0.396 e. The fourth-order valence-electron chi connectivity index (χ4n) is 4.00. The molecule has 0 unspecified atom stereocenters. The van der Waals surface area contributed by atoms with Crippen molar-refractivity contribution in [3.05, 3.63) is 0 Å². The van der Waals surface area contributed by atoms with Gasteiger partial charge in [0.25, 0.3) is 0 Å². The van der Waals surface area contributed by atoms with Gasteiger partial charge in [-0.05, 0) is 31.6 Å². The molecular weight excluding hydrogens is 222 g/mol. The molecule has 18 heavy (non-hydrogen) atoms. The number of hydrogen-bond acceptors (Lipinski definition) is 2. The highest BCUT2D eigenvalue weighted by Crippen LogP contribution is 2.39. The second-order valence-electron chi connectivity index (χ2n) is 7.13. The number of rotatable bonds is 6. The lowest BCUT2D eigenvalue weighted by molar-refractivity contribution is 0.0521. The van der Waals surface area contributed by atoms with E-state index in [4.69, 9.17) is 0 Å². The Bertz CT molecular complexity index is 239. The van der Waals surface area contributed by atoms with E-state index in [1.165, 1.54) is 57.9 Å². The largest absolute Gasteiger partial charge is 0.396 e. The van der Waals surface area contributed by atoms with E-state index in [9.17, 15) is 5.11 Å². The predicted molar refractivity (Wildman–Crippen MR) is 76.7 cm³/mol. The maximum absolute atomic E-state index is 9.82. The molecule has 2 aliphatic carbocycles. The van der Waals surface area contributed by atoms with Crippen LogP contribution in [0.25, 0.3) is 0 Å². The first-order valence-electron chi connectivity index (χ1n) is 8.00. The molecule has 2 saturated carbocycles. The highest BCUT2D eigenvalue weighted by atomic mass is 16.3. The van der Waals surface area contributed by atoms with Crippen LogP contribution in [0.2, 0.25) is 0 Å². The van der Waals surface area contributed by atoms with Crippen molar-refractivity contribution in [1.82, 2.24) is 4.90 Å². The van der Waals surface area contributed by atoms with Gasteiger partial charge in [-0.3, -0.25) is 4.90 Å². The minimum atomic E-state index is 0.234. The van der Waals surface area contributed by atoms with Crippen molar-refractivity contribution in [2.75, 3.05) is 19.7 Å². The molecule has 0 heterocycles. The van der Waals surface area contributed by atoms with Crippen LogP contribution < -0.4 is 0 Å². The number of hydrogen-bond donors (Lipinski definition) is 1. The van der Waals surface area contributed by atoms with Crippen LogP contribution in [0, 0.1) is 11.3 Å². The molecule has 2 rings (SSSR count). The summed E-state index contributed by atoms with van der Waals surface area (Å²) >= 11 is 0. The first kappa shape index (κ1) is 14.3. The zero-order chi connectivity index (χ0) is 13.0. The standard InChI is InChI=1S/C16H31NO/c1-14(2)11-17(15-7-3-4-8-15)12-16(13-18)9-5-6-10-16/h14-15,18H,3-13H2,1-2H3. The quantitative estimate of drug-likeness (QED) is 0.784. The highest BCUT2D eigenvalue weighted by Gasteiger charge is 2.37. The average molecular weight is 253 g/mol. The fraction of sp³-hybridized carbons (Fsp3) is 1.00. The van der Waals surface area contributed by atoms with Gasteiger partial charge in [0.1, 0.15) is 0 Å². The summed E-state index contributed by atoms with van der Waals surface area (Å²) < 4.78 is 0. The molecule has 106 valence electrons. The molecule has 2 nitrogen and oxygen atoms in total. The van der Waals surface area contributed by atoms with Gasteiger partial charge in [-0.2, -0.15) is 0 Å². The summed E-state index contributed by atoms with van der Waals surface area (Å²) in [5.41, 5.74) is 0.234. The van der Waals surface area contributed by atoms with E-state index in [0.717, 1.165) is 18.5 Å². The maximum atomic E-state index is 9.82. The SMILES string of the molecule is CC(C)CN(CC1(CO)CCCC1)C1CCCC1. The summed E-state index contributed by atoms with van der Waals surface area (Å²) in [5, 5.41) is 9.82. The molecule has 2 heteroatoms. The average Bonchev–Trinajstić information content (AvgIpc) is 2.99. The van der Waals surface area contributed by atoms with Crippen molar-refractivity contribution >= 4 is 0 Å². The van der Waals surface area contributed by atoms with Crippen molar-refractivity contribution in [3.8, 4) is 0 Å². The fourth-order valence-corrected chi connectivity index (χ4v) is 4.00. The van der Waals surface area contributed by atoms with Crippen LogP contribution in [0.4, 0.5) is 0 Å². The topological polar surface area (TPSA) is 23.5 Å². The minimum absolute atomic E-state index is 0.234. The van der Waals surface area contributed by atoms with Crippen molar-refractivity contribution in [1.29, 1.82) is 0 Å². The van der Waals surface area contributed by atoms with E-state index < -0.39 is 0 Å². The lowest BCUT2D eigenvalue weighted by Crippen LogP contribution is -2.44. The Labute approximate surface area is 113 Å². The summed E-state index contributed by atoms with van der Waals surface area (Å²) in [6.07, 6.45) is 10.7. The molecule has 0 bridgehead atoms. The van der Waals surface area contributed by atoms with Crippen LogP contribution in [0.15, 0.2) is 0 Å². The molecule has 1 N–H and O–H groups in total. The Morgan fingerprint density at radius 1 is 1.11 bits per heavy atom. The van der Waals surface area contributed by atoms with E-state index in [2.05, 4.69) is 18.7 Å². The Balaban J connectivity index is 1.98. The van der Waals surface area contributed by atoms with Crippen molar-refractivity contribution in [2.45, 2.75) is 71.3 Å². The van der Waals surface area contributed by atoms with Gasteiger partial charge in [-0.1, -0.05) is 39.5 Å². The molecular formula is C16H31NO. The third-order valence-corrected chi connectivity index (χ3v) is 4.98. The van der Waals surface area contributed by atoms with Crippen molar-refractivity contribution < 1.29 is 5.11 Å². The van der Waals surface area contributed by atoms with Gasteiger partial charge in [-0.25, -0.2) is 0 Å². The lowest BCUT2D eigenvalue weighted by Gasteiger charge is -2.38. The molecule has 0 saturated heterocycles. The molecule has 0 aromatic carbocycles. The smallest absolute Gasteiger partial charge is 0.0499 e. The molecule has 0 aromatic heterocycles. The third-order valence-electron chi connectivity index (χ3n) is 4.98. The molecule has 0 aromatic rings. The molecule has 2 fully saturated rings. The first-order chi connectivity index (χ1) is 8.65. The zero-order valence-corrected chi connectivity index (χ0v) is 12.3. The van der Waals surface area contributed by atoms with Crippen LogP contribution in [0.3, 0.4) is 0 Å². The van der Waals surface area contributed by atoms with E-state index in [-0.39, 0.29) is 5.41 Å². The Hall–Kier alpha value is -0.0800. The van der Waals surface area contributed by atoms with Crippen molar-refractivity contribution in [3.63, 3.8) is 0 Å². The van der Waals surface area contributed by atoms with Crippen molar-refractivity contribution in [2.24, 2.45) is 11.3 Å². The van der Waals surface area contributed by atoms with E-state index in [0.29, 0.717) is 6.61 Å². The molecule has 0 spiro atoms. The Morgan fingerprint density at radius 3 is 2.22 bits per heavy atom. The molecule has 0 amide bonds. The van der Waals surface area contributed by atoms with Crippen LogP contribution >= 0.6 is 0 Å². The lowest BCUT2D eigenvalue weighted by atomic mass is 9.85. The normalized spacial score (nSPS) is 24.5. The number of aliphatic hydroxyl groups is 1. The van der Waals surface area contributed by atoms with Gasteiger partial charge >= 0.3 is 0 Å². The van der Waals surface area contributed by atoms with E-state index in [1.807, 2.05) is 0 Å². The monoisotopic (exact) mass is 253 g/mol. The predicted octanol–water partition coefficient (Wildman–Crippen LogP) is 3.44. The molecule has 2 aliphatic rings. The third kappa shape index (κ3) is 3.48. The number of aliphatic hydroxyl groups excluding tert-OH is 1. The molecule has 0 radical (unpaired) electrons. The summed E-state index contributed by atoms with van der Waals surface area (Å²) in [6, 6.07) is 0.802. The van der Waals surface area contributed by atoms with Gasteiger partial charge in [0.2, 0.25) is 0 Å². The summed E-state index contributed by atoms with van der Waals surface area (Å²) in [6.45, 7) is 7.40. The van der Waals surface area contributed by atoms with Crippen LogP contribution in [-0.2, 0) is 0 Å². The van der Waals surface area contributed by atoms with Gasteiger partial charge in [0.15, 0.2) is 0 Å². The zero-order valence-electron chi connectivity index (χ0n) is 12.3. The molecule has 0 atom stereocenters. The summed E-state index contributed by atoms with van der Waals surface area (Å²) in [7, 11) is 0. The second kappa shape index (κ2) is 6.38.